The van der Waals surface area contributed by atoms with Crippen LogP contribution >= 0.6 is 0 Å². The molecule has 138 valence electrons. The lowest BCUT2D eigenvalue weighted by Crippen LogP contribution is -2.45. The first-order valence-electron chi connectivity index (χ1n) is 8.11. The number of anilines is 1. The summed E-state index contributed by atoms with van der Waals surface area (Å²) in [6.07, 6.45) is -3.44. The summed E-state index contributed by atoms with van der Waals surface area (Å²) < 4.78 is 40.6. The van der Waals surface area contributed by atoms with Gasteiger partial charge in [0.2, 0.25) is 11.8 Å². The normalized spacial score (nSPS) is 18.2. The lowest BCUT2D eigenvalue weighted by molar-refractivity contribution is -0.274. The third-order valence-corrected chi connectivity index (χ3v) is 3.93. The smallest absolute Gasteiger partial charge is 0.406 e. The number of alkyl halides is 3. The van der Waals surface area contributed by atoms with E-state index >= 15 is 0 Å². The summed E-state index contributed by atoms with van der Waals surface area (Å²) >= 11 is 0. The van der Waals surface area contributed by atoms with Crippen molar-refractivity contribution >= 4 is 17.5 Å². The third-order valence-electron chi connectivity index (χ3n) is 3.93. The molecule has 1 heterocycles. The summed E-state index contributed by atoms with van der Waals surface area (Å²) in [6, 6.07) is 5.13. The van der Waals surface area contributed by atoms with Crippen LogP contribution in [0.5, 0.6) is 5.75 Å². The van der Waals surface area contributed by atoms with Gasteiger partial charge in [-0.25, -0.2) is 0 Å². The molecule has 2 amide bonds. The van der Waals surface area contributed by atoms with Crippen LogP contribution in [0.15, 0.2) is 24.3 Å². The number of benzene rings is 1. The maximum absolute atomic E-state index is 12.4. The number of likely N-dealkylation sites (tertiary alicyclic amines) is 1. The van der Waals surface area contributed by atoms with E-state index in [0.717, 1.165) is 12.1 Å². The van der Waals surface area contributed by atoms with Gasteiger partial charge in [0.15, 0.2) is 0 Å². The van der Waals surface area contributed by atoms with E-state index in [9.17, 15) is 22.8 Å². The molecule has 1 aliphatic rings. The molecule has 1 atom stereocenters. The predicted octanol–water partition coefficient (Wildman–Crippen LogP) is 3.42. The fraction of sp³-hybridized carbons (Fsp3) is 0.529. The molecule has 0 spiro atoms. The Morgan fingerprint density at radius 1 is 1.32 bits per heavy atom. The molecular formula is C17H21F3N2O3. The highest BCUT2D eigenvalue weighted by atomic mass is 19.4. The molecule has 1 aromatic carbocycles. The average Bonchev–Trinajstić information content (AvgIpc) is 2.52. The number of hydrogen-bond donors (Lipinski definition) is 1. The molecule has 5 nitrogen and oxygen atoms in total. The maximum Gasteiger partial charge on any atom is 0.573 e. The Kier molecular flexibility index (Phi) is 5.92. The number of carbonyl (C=O) groups excluding carboxylic acids is 2. The van der Waals surface area contributed by atoms with Crippen molar-refractivity contribution in [2.45, 2.75) is 33.1 Å². The Morgan fingerprint density at radius 2 is 2.04 bits per heavy atom. The lowest BCUT2D eigenvalue weighted by Gasteiger charge is -2.33. The minimum Gasteiger partial charge on any atom is -0.406 e. The zero-order valence-electron chi connectivity index (χ0n) is 14.1. The van der Waals surface area contributed by atoms with Gasteiger partial charge in [0.05, 0.1) is 5.92 Å². The van der Waals surface area contributed by atoms with Crippen molar-refractivity contribution in [1.29, 1.82) is 0 Å². The van der Waals surface area contributed by atoms with Crippen molar-refractivity contribution in [3.05, 3.63) is 24.3 Å². The molecule has 0 bridgehead atoms. The van der Waals surface area contributed by atoms with Crippen molar-refractivity contribution in [3.63, 3.8) is 0 Å². The molecule has 1 saturated heterocycles. The van der Waals surface area contributed by atoms with Crippen molar-refractivity contribution < 1.29 is 27.5 Å². The van der Waals surface area contributed by atoms with Gasteiger partial charge in [0.25, 0.3) is 0 Å². The van der Waals surface area contributed by atoms with E-state index in [2.05, 4.69) is 10.1 Å². The van der Waals surface area contributed by atoms with Gasteiger partial charge in [-0.1, -0.05) is 19.9 Å². The SMILES string of the molecule is CC(C)C(=O)N1CCC[C@@H](C(=O)Nc2cccc(OC(F)(F)F)c2)C1. The van der Waals surface area contributed by atoms with Crippen molar-refractivity contribution in [2.24, 2.45) is 11.8 Å². The van der Waals surface area contributed by atoms with Crippen LogP contribution in [0.4, 0.5) is 18.9 Å². The van der Waals surface area contributed by atoms with Gasteiger partial charge in [-0.15, -0.1) is 13.2 Å². The number of nitrogens with one attached hydrogen (secondary N) is 1. The number of hydrogen-bond acceptors (Lipinski definition) is 3. The van der Waals surface area contributed by atoms with Gasteiger partial charge < -0.3 is 15.0 Å². The largest absolute Gasteiger partial charge is 0.573 e. The number of ether oxygens (including phenoxy) is 1. The molecule has 1 aliphatic heterocycles. The van der Waals surface area contributed by atoms with Crippen LogP contribution in [0.25, 0.3) is 0 Å². The number of piperidine rings is 1. The van der Waals surface area contributed by atoms with Gasteiger partial charge in [0, 0.05) is 30.8 Å². The molecule has 25 heavy (non-hydrogen) atoms. The summed E-state index contributed by atoms with van der Waals surface area (Å²) in [4.78, 5) is 26.1. The van der Waals surface area contributed by atoms with Crippen molar-refractivity contribution in [1.82, 2.24) is 4.90 Å². The fourth-order valence-corrected chi connectivity index (χ4v) is 2.77. The number of amides is 2. The Morgan fingerprint density at radius 3 is 2.68 bits per heavy atom. The Labute approximate surface area is 144 Å². The summed E-state index contributed by atoms with van der Waals surface area (Å²) in [5, 5.41) is 2.60. The van der Waals surface area contributed by atoms with Gasteiger partial charge in [-0.3, -0.25) is 9.59 Å². The van der Waals surface area contributed by atoms with E-state index in [1.54, 1.807) is 18.7 Å². The minimum atomic E-state index is -4.79. The second-order valence-electron chi connectivity index (χ2n) is 6.34. The maximum atomic E-state index is 12.4. The van der Waals surface area contributed by atoms with Gasteiger partial charge in [-0.2, -0.15) is 0 Å². The highest BCUT2D eigenvalue weighted by Gasteiger charge is 2.32. The van der Waals surface area contributed by atoms with Crippen LogP contribution in [-0.2, 0) is 9.59 Å². The molecule has 1 fully saturated rings. The summed E-state index contributed by atoms with van der Waals surface area (Å²) in [5.41, 5.74) is 0.221. The number of carbonyl (C=O) groups is 2. The molecule has 8 heteroatoms. The fourth-order valence-electron chi connectivity index (χ4n) is 2.77. The molecule has 2 rings (SSSR count). The Hall–Kier alpha value is -2.25. The van der Waals surface area contributed by atoms with Crippen LogP contribution in [-0.4, -0.2) is 36.2 Å². The molecule has 1 N–H and O–H groups in total. The highest BCUT2D eigenvalue weighted by Crippen LogP contribution is 2.26. The van der Waals surface area contributed by atoms with Crippen molar-refractivity contribution in [2.75, 3.05) is 18.4 Å². The molecule has 0 radical (unpaired) electrons. The first-order valence-corrected chi connectivity index (χ1v) is 8.11. The summed E-state index contributed by atoms with van der Waals surface area (Å²) in [6.45, 7) is 4.55. The van der Waals surface area contributed by atoms with E-state index in [1.165, 1.54) is 12.1 Å². The molecule has 1 aromatic rings. The van der Waals surface area contributed by atoms with Gasteiger partial charge in [-0.05, 0) is 25.0 Å². The van der Waals surface area contributed by atoms with Crippen LogP contribution in [0, 0.1) is 11.8 Å². The highest BCUT2D eigenvalue weighted by molar-refractivity contribution is 5.93. The quantitative estimate of drug-likeness (QED) is 0.897. The molecule has 0 saturated carbocycles. The van der Waals surface area contributed by atoms with Crippen LogP contribution in [0.2, 0.25) is 0 Å². The second kappa shape index (κ2) is 7.76. The van der Waals surface area contributed by atoms with Crippen LogP contribution in [0.3, 0.4) is 0 Å². The minimum absolute atomic E-state index is 0.00178. The lowest BCUT2D eigenvalue weighted by atomic mass is 9.96. The van der Waals surface area contributed by atoms with E-state index in [1.807, 2.05) is 0 Å². The first kappa shape index (κ1) is 19.1. The van der Waals surface area contributed by atoms with Crippen LogP contribution in [0.1, 0.15) is 26.7 Å². The van der Waals surface area contributed by atoms with Gasteiger partial charge >= 0.3 is 6.36 Å². The zero-order chi connectivity index (χ0) is 18.6. The standard InChI is InChI=1S/C17H21F3N2O3/c1-11(2)16(24)22-8-4-5-12(10-22)15(23)21-13-6-3-7-14(9-13)25-17(18,19)20/h3,6-7,9,11-12H,4-5,8,10H2,1-2H3,(H,21,23)/t12-/m1/s1. The third kappa shape index (κ3) is 5.65. The Bertz CT molecular complexity index is 632. The van der Waals surface area contributed by atoms with E-state index in [0.29, 0.717) is 25.9 Å². The second-order valence-corrected chi connectivity index (χ2v) is 6.34. The average molecular weight is 358 g/mol. The molecule has 0 aliphatic carbocycles. The first-order chi connectivity index (χ1) is 11.7. The summed E-state index contributed by atoms with van der Waals surface area (Å²) in [7, 11) is 0. The molecule has 0 aromatic heterocycles. The zero-order valence-corrected chi connectivity index (χ0v) is 14.1. The van der Waals surface area contributed by atoms with Crippen LogP contribution < -0.4 is 10.1 Å². The summed E-state index contributed by atoms with van der Waals surface area (Å²) in [5.74, 6) is -1.24. The molecular weight excluding hydrogens is 337 g/mol. The van der Waals surface area contributed by atoms with E-state index in [4.69, 9.17) is 0 Å². The van der Waals surface area contributed by atoms with Gasteiger partial charge in [0.1, 0.15) is 5.75 Å². The predicted molar refractivity (Wildman–Crippen MR) is 85.9 cm³/mol. The molecule has 0 unspecified atom stereocenters. The number of halogens is 3. The number of nitrogens with zero attached hydrogens (tertiary/aromatic N) is 1. The van der Waals surface area contributed by atoms with E-state index < -0.39 is 12.1 Å². The number of rotatable bonds is 4. The van der Waals surface area contributed by atoms with E-state index in [-0.39, 0.29) is 29.3 Å². The van der Waals surface area contributed by atoms with Crippen molar-refractivity contribution in [3.8, 4) is 5.75 Å². The monoisotopic (exact) mass is 358 g/mol. The topological polar surface area (TPSA) is 58.6 Å². The Balaban J connectivity index is 1.99.